The number of carbonyl (C=O) groups is 1. The number of azo groups is 1. The molecule has 0 saturated heterocycles. The summed E-state index contributed by atoms with van der Waals surface area (Å²) in [6, 6.07) is 22.1. The number of rotatable bonds is 9. The number of ether oxygens (including phenoxy) is 2. The highest BCUT2D eigenvalue weighted by Gasteiger charge is 2.17. The van der Waals surface area contributed by atoms with Crippen LogP contribution in [0, 0.1) is 6.92 Å². The second-order valence-corrected chi connectivity index (χ2v) is 8.03. The van der Waals surface area contributed by atoms with E-state index in [9.17, 15) is 9.90 Å². The summed E-state index contributed by atoms with van der Waals surface area (Å²) >= 11 is 6.03. The minimum absolute atomic E-state index is 0.0549. The summed E-state index contributed by atoms with van der Waals surface area (Å²) in [5.74, 6) is 0.583. The van der Waals surface area contributed by atoms with Crippen molar-refractivity contribution in [3.8, 4) is 17.4 Å². The van der Waals surface area contributed by atoms with E-state index in [-0.39, 0.29) is 18.2 Å². The number of nitrogens with zero attached hydrogens (tertiary/aromatic N) is 3. The highest BCUT2D eigenvalue weighted by molar-refractivity contribution is 6.32. The zero-order valence-corrected chi connectivity index (χ0v) is 19.4. The van der Waals surface area contributed by atoms with Crippen LogP contribution in [-0.2, 0) is 11.3 Å². The molecule has 0 unspecified atom stereocenters. The first kappa shape index (κ1) is 23.3. The lowest BCUT2D eigenvalue weighted by molar-refractivity contribution is -0.120. The van der Waals surface area contributed by atoms with E-state index in [0.717, 1.165) is 16.8 Å². The second-order valence-electron chi connectivity index (χ2n) is 7.62. The van der Waals surface area contributed by atoms with Crippen LogP contribution in [-0.4, -0.2) is 28.8 Å². The number of para-hydroxylation sites is 3. The predicted octanol–water partition coefficient (Wildman–Crippen LogP) is 6.47. The molecule has 0 aliphatic heterocycles. The van der Waals surface area contributed by atoms with Crippen molar-refractivity contribution < 1.29 is 19.4 Å². The third-order valence-corrected chi connectivity index (χ3v) is 5.56. The van der Waals surface area contributed by atoms with E-state index < -0.39 is 5.91 Å². The molecule has 174 valence electrons. The predicted molar refractivity (Wildman–Crippen MR) is 131 cm³/mol. The Morgan fingerprint density at radius 2 is 1.68 bits per heavy atom. The van der Waals surface area contributed by atoms with E-state index in [2.05, 4.69) is 10.2 Å². The van der Waals surface area contributed by atoms with Gasteiger partial charge in [0.15, 0.2) is 12.3 Å². The second kappa shape index (κ2) is 10.9. The number of hydrogen-bond acceptors (Lipinski definition) is 5. The Kier molecular flexibility index (Phi) is 7.44. The molecule has 0 aliphatic rings. The van der Waals surface area contributed by atoms with Gasteiger partial charge in [-0.1, -0.05) is 60.1 Å². The number of aromatic hydroxyl groups is 1. The van der Waals surface area contributed by atoms with Gasteiger partial charge in [-0.2, -0.15) is 0 Å². The smallest absolute Gasteiger partial charge is 0.302 e. The summed E-state index contributed by atoms with van der Waals surface area (Å²) in [4.78, 5) is 12.2. The van der Waals surface area contributed by atoms with E-state index in [1.165, 1.54) is 0 Å². The van der Waals surface area contributed by atoms with Crippen molar-refractivity contribution in [2.24, 2.45) is 10.2 Å². The molecule has 1 heterocycles. The topological polar surface area (TPSA) is 85.4 Å². The number of aromatic nitrogens is 1. The van der Waals surface area contributed by atoms with Gasteiger partial charge in [-0.15, -0.1) is 10.2 Å². The Hall–Kier alpha value is -3.84. The molecular formula is C26H24ClN3O4. The summed E-state index contributed by atoms with van der Waals surface area (Å²) in [6.07, 6.45) is 0.668. The van der Waals surface area contributed by atoms with Crippen LogP contribution in [0.1, 0.15) is 12.0 Å². The molecule has 0 saturated carbocycles. The fourth-order valence-electron chi connectivity index (χ4n) is 3.56. The maximum atomic E-state index is 12.2. The van der Waals surface area contributed by atoms with E-state index in [1.54, 1.807) is 28.8 Å². The molecule has 1 aromatic heterocycles. The van der Waals surface area contributed by atoms with Crippen LogP contribution in [0.15, 0.2) is 83.0 Å². The number of fused-ring (bicyclic) bond motifs is 1. The minimum atomic E-state index is -0.595. The largest absolute Gasteiger partial charge is 0.493 e. The van der Waals surface area contributed by atoms with Crippen LogP contribution in [0.2, 0.25) is 5.02 Å². The monoisotopic (exact) mass is 477 g/mol. The van der Waals surface area contributed by atoms with E-state index >= 15 is 0 Å². The molecule has 4 rings (SSSR count). The molecule has 0 spiro atoms. The molecule has 4 aromatic rings. The number of carbonyl (C=O) groups excluding carboxylic acids is 1. The number of hydrogen-bond donors (Lipinski definition) is 1. The zero-order chi connectivity index (χ0) is 23.9. The van der Waals surface area contributed by atoms with Gasteiger partial charge < -0.3 is 19.1 Å². The molecule has 0 aliphatic carbocycles. The van der Waals surface area contributed by atoms with Crippen molar-refractivity contribution in [1.82, 2.24) is 4.57 Å². The van der Waals surface area contributed by atoms with Gasteiger partial charge in [-0.25, -0.2) is 0 Å². The molecule has 0 radical (unpaired) electrons. The van der Waals surface area contributed by atoms with Gasteiger partial charge in [-0.05, 0) is 43.2 Å². The Morgan fingerprint density at radius 1 is 0.971 bits per heavy atom. The number of aryl methyl sites for hydroxylation is 2. The van der Waals surface area contributed by atoms with Gasteiger partial charge in [0.05, 0.1) is 17.1 Å². The zero-order valence-electron chi connectivity index (χ0n) is 18.6. The van der Waals surface area contributed by atoms with Crippen LogP contribution >= 0.6 is 11.6 Å². The van der Waals surface area contributed by atoms with Crippen LogP contribution in [0.3, 0.4) is 0 Å². The number of benzene rings is 3. The number of amides is 1. The van der Waals surface area contributed by atoms with E-state index in [0.29, 0.717) is 35.7 Å². The van der Waals surface area contributed by atoms with Crippen LogP contribution in [0.25, 0.3) is 10.9 Å². The molecule has 8 heteroatoms. The third kappa shape index (κ3) is 5.38. The maximum absolute atomic E-state index is 12.2. The summed E-state index contributed by atoms with van der Waals surface area (Å²) in [6.45, 7) is 2.68. The van der Waals surface area contributed by atoms with Crippen molar-refractivity contribution >= 4 is 34.1 Å². The molecule has 34 heavy (non-hydrogen) atoms. The lowest BCUT2D eigenvalue weighted by Crippen LogP contribution is -2.08. The average molecular weight is 478 g/mol. The van der Waals surface area contributed by atoms with Gasteiger partial charge in [0.2, 0.25) is 5.88 Å². The van der Waals surface area contributed by atoms with Gasteiger partial charge in [0.1, 0.15) is 11.5 Å². The highest BCUT2D eigenvalue weighted by Crippen LogP contribution is 2.39. The first-order valence-electron chi connectivity index (χ1n) is 10.8. The molecule has 0 fully saturated rings. The van der Waals surface area contributed by atoms with Crippen LogP contribution < -0.4 is 9.47 Å². The van der Waals surface area contributed by atoms with Crippen molar-refractivity contribution in [2.45, 2.75) is 19.9 Å². The van der Waals surface area contributed by atoms with Crippen molar-refractivity contribution in [1.29, 1.82) is 0 Å². The summed E-state index contributed by atoms with van der Waals surface area (Å²) in [7, 11) is 0. The summed E-state index contributed by atoms with van der Waals surface area (Å²) in [5.41, 5.74) is 2.11. The number of halogens is 1. The molecule has 1 amide bonds. The van der Waals surface area contributed by atoms with Gasteiger partial charge in [0, 0.05) is 11.9 Å². The van der Waals surface area contributed by atoms with E-state index in [1.807, 2.05) is 55.5 Å². The first-order valence-corrected chi connectivity index (χ1v) is 11.2. The summed E-state index contributed by atoms with van der Waals surface area (Å²) in [5, 5.41) is 19.7. The van der Waals surface area contributed by atoms with E-state index in [4.69, 9.17) is 21.1 Å². The molecular weight excluding hydrogens is 454 g/mol. The molecule has 0 bridgehead atoms. The lowest BCUT2D eigenvalue weighted by Gasteiger charge is -2.10. The summed E-state index contributed by atoms with van der Waals surface area (Å²) < 4.78 is 13.0. The normalized spacial score (nSPS) is 11.2. The molecule has 7 nitrogen and oxygen atoms in total. The fourth-order valence-corrected chi connectivity index (χ4v) is 3.75. The quantitative estimate of drug-likeness (QED) is 0.221. The average Bonchev–Trinajstić information content (AvgIpc) is 3.11. The SMILES string of the molecule is Cc1ccccc1OCCCn1c(O)c(N=NC(=O)COc2ccccc2Cl)c2ccccc21. The first-order chi connectivity index (χ1) is 16.5. The standard InChI is InChI=1S/C26H24ClN3O4/c1-18-9-2-6-13-22(18)33-16-8-15-30-21-12-5-3-10-19(21)25(26(30)32)29-28-24(31)17-34-23-14-7-4-11-20(23)27/h2-7,9-14,32H,8,15-17H2,1H3. The van der Waals surface area contributed by atoms with Crippen LogP contribution in [0.5, 0.6) is 17.4 Å². The Balaban J connectivity index is 1.43. The maximum Gasteiger partial charge on any atom is 0.302 e. The van der Waals surface area contributed by atoms with Crippen molar-refractivity contribution in [3.63, 3.8) is 0 Å². The Labute approximate surface area is 202 Å². The Morgan fingerprint density at radius 3 is 2.47 bits per heavy atom. The third-order valence-electron chi connectivity index (χ3n) is 5.24. The van der Waals surface area contributed by atoms with Crippen molar-refractivity contribution in [3.05, 3.63) is 83.4 Å². The molecule has 3 aromatic carbocycles. The van der Waals surface area contributed by atoms with Crippen molar-refractivity contribution in [2.75, 3.05) is 13.2 Å². The fraction of sp³-hybridized carbons (Fsp3) is 0.192. The van der Waals surface area contributed by atoms with Crippen LogP contribution in [0.4, 0.5) is 5.69 Å². The van der Waals surface area contributed by atoms with Gasteiger partial charge in [-0.3, -0.25) is 4.79 Å². The minimum Gasteiger partial charge on any atom is -0.493 e. The lowest BCUT2D eigenvalue weighted by atomic mass is 10.2. The highest BCUT2D eigenvalue weighted by atomic mass is 35.5. The van der Waals surface area contributed by atoms with Gasteiger partial charge >= 0.3 is 5.91 Å². The Bertz CT molecular complexity index is 1330. The van der Waals surface area contributed by atoms with Gasteiger partial charge in [0.25, 0.3) is 0 Å². The molecule has 0 atom stereocenters. The molecule has 1 N–H and O–H groups in total.